The third kappa shape index (κ3) is 5.47. The van der Waals surface area contributed by atoms with Crippen molar-refractivity contribution in [2.45, 2.75) is 13.0 Å². The van der Waals surface area contributed by atoms with E-state index >= 15 is 0 Å². The third-order valence-electron chi connectivity index (χ3n) is 5.74. The molecule has 1 heterocycles. The van der Waals surface area contributed by atoms with Crippen LogP contribution in [0.5, 0.6) is 11.5 Å². The smallest absolute Gasteiger partial charge is 0.273 e. The highest BCUT2D eigenvalue weighted by atomic mass is 32.1. The van der Waals surface area contributed by atoms with Crippen molar-refractivity contribution in [3.8, 4) is 23.3 Å². The van der Waals surface area contributed by atoms with Crippen LogP contribution in [0.1, 0.15) is 24.1 Å². The quantitative estimate of drug-likeness (QED) is 0.411. The Morgan fingerprint density at radius 2 is 1.65 bits per heavy atom. The van der Waals surface area contributed by atoms with Crippen molar-refractivity contribution in [1.29, 1.82) is 5.26 Å². The van der Waals surface area contributed by atoms with Crippen LogP contribution in [0.2, 0.25) is 0 Å². The fraction of sp³-hybridized carbons (Fsp3) is 0.138. The number of para-hydroxylation sites is 1. The average molecular weight is 512 g/mol. The van der Waals surface area contributed by atoms with Crippen LogP contribution in [0.4, 0.5) is 0 Å². The molecular weight excluding hydrogens is 486 g/mol. The van der Waals surface area contributed by atoms with Crippen LogP contribution >= 0.6 is 11.3 Å². The fourth-order valence-electron chi connectivity index (χ4n) is 3.85. The highest BCUT2D eigenvalue weighted by Gasteiger charge is 2.19. The second kappa shape index (κ2) is 11.4. The van der Waals surface area contributed by atoms with E-state index in [0.29, 0.717) is 27.3 Å². The Labute approximate surface area is 218 Å². The lowest BCUT2D eigenvalue weighted by Crippen LogP contribution is -2.34. The molecule has 0 aliphatic carbocycles. The van der Waals surface area contributed by atoms with E-state index in [-0.39, 0.29) is 21.8 Å². The maximum atomic E-state index is 13.6. The SMILES string of the molecule is COc1ccc(/C=c2/s/c(=C(\C#N)C(=O)N[C@@H](C)c3ccccc3)n(-c3ccccc3)c2=O)cc1OC. The first-order valence-electron chi connectivity index (χ1n) is 11.5. The number of nitriles is 1. The van der Waals surface area contributed by atoms with Gasteiger partial charge in [-0.2, -0.15) is 5.26 Å². The lowest BCUT2D eigenvalue weighted by molar-refractivity contribution is -0.116. The standard InChI is InChI=1S/C29H25N3O4S/c1-19(21-10-6-4-7-11-21)31-27(33)23(18-30)29-32(22-12-8-5-9-13-22)28(34)26(37-29)17-20-14-15-24(35-2)25(16-20)36-3/h4-17,19H,1-3H3,(H,31,33)/b26-17+,29-23+/t19-/m0/s1. The Hall–Kier alpha value is -4.61. The first-order valence-corrected chi connectivity index (χ1v) is 12.3. The summed E-state index contributed by atoms with van der Waals surface area (Å²) in [5.74, 6) is 0.537. The van der Waals surface area contributed by atoms with Gasteiger partial charge in [0.2, 0.25) is 0 Å². The second-order valence-corrected chi connectivity index (χ2v) is 9.13. The summed E-state index contributed by atoms with van der Waals surface area (Å²) >= 11 is 1.09. The third-order valence-corrected chi connectivity index (χ3v) is 6.84. The summed E-state index contributed by atoms with van der Waals surface area (Å²) in [5.41, 5.74) is 1.70. The molecule has 1 aromatic heterocycles. The number of nitrogens with one attached hydrogen (secondary N) is 1. The van der Waals surface area contributed by atoms with Gasteiger partial charge in [-0.05, 0) is 48.4 Å². The molecule has 7 nitrogen and oxygen atoms in total. The van der Waals surface area contributed by atoms with Gasteiger partial charge in [-0.15, -0.1) is 11.3 Å². The molecule has 0 radical (unpaired) electrons. The number of aromatic nitrogens is 1. The van der Waals surface area contributed by atoms with Crippen LogP contribution in [0, 0.1) is 11.3 Å². The highest BCUT2D eigenvalue weighted by Crippen LogP contribution is 2.27. The summed E-state index contributed by atoms with van der Waals surface area (Å²) in [6.45, 7) is 1.84. The lowest BCUT2D eigenvalue weighted by Gasteiger charge is -2.13. The molecule has 37 heavy (non-hydrogen) atoms. The molecule has 3 aromatic carbocycles. The van der Waals surface area contributed by atoms with Gasteiger partial charge < -0.3 is 14.8 Å². The fourth-order valence-corrected chi connectivity index (χ4v) is 4.95. The van der Waals surface area contributed by atoms with Crippen molar-refractivity contribution in [2.75, 3.05) is 14.2 Å². The molecule has 0 aliphatic heterocycles. The molecule has 0 spiro atoms. The van der Waals surface area contributed by atoms with E-state index in [4.69, 9.17) is 9.47 Å². The molecule has 4 rings (SSSR count). The van der Waals surface area contributed by atoms with E-state index in [2.05, 4.69) is 5.32 Å². The molecule has 0 unspecified atom stereocenters. The van der Waals surface area contributed by atoms with E-state index < -0.39 is 5.91 Å². The average Bonchev–Trinajstić information content (AvgIpc) is 3.24. The molecule has 8 heteroatoms. The molecule has 0 bridgehead atoms. The summed E-state index contributed by atoms with van der Waals surface area (Å²) in [6, 6.07) is 25.4. The first-order chi connectivity index (χ1) is 18.0. The summed E-state index contributed by atoms with van der Waals surface area (Å²) in [6.07, 6.45) is 1.71. The van der Waals surface area contributed by atoms with Crippen LogP contribution in [0.3, 0.4) is 0 Å². The predicted molar refractivity (Wildman–Crippen MR) is 144 cm³/mol. The first kappa shape index (κ1) is 25.5. The maximum absolute atomic E-state index is 13.6. The van der Waals surface area contributed by atoms with Gasteiger partial charge in [-0.1, -0.05) is 54.6 Å². The van der Waals surface area contributed by atoms with E-state index in [1.807, 2.05) is 49.4 Å². The number of methoxy groups -OCH3 is 2. The van der Waals surface area contributed by atoms with Gasteiger partial charge in [0.1, 0.15) is 10.7 Å². The highest BCUT2D eigenvalue weighted by molar-refractivity contribution is 7.07. The van der Waals surface area contributed by atoms with Crippen molar-refractivity contribution in [2.24, 2.45) is 0 Å². The lowest BCUT2D eigenvalue weighted by atomic mass is 10.1. The van der Waals surface area contributed by atoms with E-state index in [0.717, 1.165) is 16.9 Å². The van der Waals surface area contributed by atoms with Crippen LogP contribution in [0.25, 0.3) is 17.3 Å². The minimum atomic E-state index is -0.553. The molecule has 1 amide bonds. The summed E-state index contributed by atoms with van der Waals surface area (Å²) in [5, 5.41) is 12.9. The monoisotopic (exact) mass is 511 g/mol. The molecule has 1 atom stereocenters. The maximum Gasteiger partial charge on any atom is 0.273 e. The zero-order valence-corrected chi connectivity index (χ0v) is 21.4. The molecule has 186 valence electrons. The van der Waals surface area contributed by atoms with Crippen LogP contribution in [-0.2, 0) is 4.79 Å². The number of amides is 1. The minimum Gasteiger partial charge on any atom is -0.493 e. The van der Waals surface area contributed by atoms with Crippen LogP contribution < -0.4 is 29.5 Å². The normalized spacial score (nSPS) is 12.9. The zero-order valence-electron chi connectivity index (χ0n) is 20.6. The largest absolute Gasteiger partial charge is 0.493 e. The number of carbonyl (C=O) groups excluding carboxylic acids is 1. The second-order valence-electron chi connectivity index (χ2n) is 8.10. The number of benzene rings is 3. The van der Waals surface area contributed by atoms with E-state index in [1.165, 1.54) is 11.7 Å². The van der Waals surface area contributed by atoms with E-state index in [1.54, 1.807) is 55.7 Å². The van der Waals surface area contributed by atoms with Crippen molar-refractivity contribution in [3.05, 3.63) is 110 Å². The number of nitrogens with zero attached hydrogens (tertiary/aromatic N) is 2. The van der Waals surface area contributed by atoms with Gasteiger partial charge in [-0.25, -0.2) is 0 Å². The van der Waals surface area contributed by atoms with Gasteiger partial charge in [-0.3, -0.25) is 14.2 Å². The Morgan fingerprint density at radius 1 is 1.00 bits per heavy atom. The zero-order chi connectivity index (χ0) is 26.4. The molecule has 0 saturated heterocycles. The van der Waals surface area contributed by atoms with E-state index in [9.17, 15) is 14.9 Å². The topological polar surface area (TPSA) is 93.4 Å². The number of hydrogen-bond acceptors (Lipinski definition) is 6. The summed E-state index contributed by atoms with van der Waals surface area (Å²) < 4.78 is 12.7. The Bertz CT molecular complexity index is 1630. The van der Waals surface area contributed by atoms with Crippen LogP contribution in [-0.4, -0.2) is 24.7 Å². The molecule has 0 saturated carbocycles. The van der Waals surface area contributed by atoms with Gasteiger partial charge in [0.15, 0.2) is 17.1 Å². The number of thiazole rings is 1. The molecule has 4 aromatic rings. The van der Waals surface area contributed by atoms with Crippen LogP contribution in [0.15, 0.2) is 83.7 Å². The Balaban J connectivity index is 1.90. The van der Waals surface area contributed by atoms with Crippen molar-refractivity contribution >= 4 is 28.9 Å². The van der Waals surface area contributed by atoms with Gasteiger partial charge in [0, 0.05) is 0 Å². The van der Waals surface area contributed by atoms with Gasteiger partial charge in [0.05, 0.1) is 30.5 Å². The van der Waals surface area contributed by atoms with Crippen molar-refractivity contribution in [1.82, 2.24) is 9.88 Å². The summed E-state index contributed by atoms with van der Waals surface area (Å²) in [7, 11) is 3.09. The summed E-state index contributed by atoms with van der Waals surface area (Å²) in [4.78, 5) is 26.8. The molecule has 0 aliphatic rings. The van der Waals surface area contributed by atoms with Gasteiger partial charge >= 0.3 is 0 Å². The van der Waals surface area contributed by atoms with Crippen molar-refractivity contribution in [3.63, 3.8) is 0 Å². The minimum absolute atomic E-state index is 0.138. The molecular formula is C29H25N3O4S. The Morgan fingerprint density at radius 3 is 2.27 bits per heavy atom. The molecule has 1 N–H and O–H groups in total. The van der Waals surface area contributed by atoms with Crippen molar-refractivity contribution < 1.29 is 14.3 Å². The van der Waals surface area contributed by atoms with Gasteiger partial charge in [0.25, 0.3) is 11.5 Å². The number of rotatable bonds is 7. The number of hydrogen-bond donors (Lipinski definition) is 1. The predicted octanol–water partition coefficient (Wildman–Crippen LogP) is 3.30. The Kier molecular flexibility index (Phi) is 7.86. The number of ether oxygens (including phenoxy) is 2. The number of carbonyl (C=O) groups is 1. The molecule has 0 fully saturated rings.